The van der Waals surface area contributed by atoms with Gasteiger partial charge in [-0.3, -0.25) is 4.79 Å². The van der Waals surface area contributed by atoms with Gasteiger partial charge in [0.25, 0.3) is 0 Å². The molecule has 1 rings (SSSR count). The van der Waals surface area contributed by atoms with E-state index >= 15 is 0 Å². The fraction of sp³-hybridized carbons (Fsp3) is 0.400. The molecule has 0 saturated heterocycles. The van der Waals surface area contributed by atoms with Crippen molar-refractivity contribution in [2.24, 2.45) is 5.73 Å². The zero-order chi connectivity index (χ0) is 5.98. The van der Waals surface area contributed by atoms with Crippen molar-refractivity contribution in [1.82, 2.24) is 5.32 Å². The molecule has 0 aromatic carbocycles. The Hall–Kier alpha value is -0.700. The second-order valence-electron chi connectivity index (χ2n) is 1.76. The Morgan fingerprint density at radius 2 is 2.33 bits per heavy atom. The minimum absolute atomic E-state index is 0. The molecular formula is C5H9ClN2O. The molecule has 9 heavy (non-hydrogen) atoms. The highest BCUT2D eigenvalue weighted by molar-refractivity contribution is 5.88. The second kappa shape index (κ2) is 3.35. The first kappa shape index (κ1) is 8.30. The molecule has 0 saturated carbocycles. The lowest BCUT2D eigenvalue weighted by atomic mass is 10.2. The van der Waals surface area contributed by atoms with Gasteiger partial charge >= 0.3 is 0 Å². The fourth-order valence-corrected chi connectivity index (χ4v) is 0.622. The summed E-state index contributed by atoms with van der Waals surface area (Å²) in [7, 11) is 0. The van der Waals surface area contributed by atoms with Crippen LogP contribution in [-0.4, -0.2) is 12.5 Å². The molecule has 1 aliphatic rings. The van der Waals surface area contributed by atoms with Gasteiger partial charge in [-0.25, -0.2) is 0 Å². The van der Waals surface area contributed by atoms with Crippen LogP contribution >= 0.6 is 12.4 Å². The van der Waals surface area contributed by atoms with Gasteiger partial charge < -0.3 is 11.1 Å². The third-order valence-electron chi connectivity index (χ3n) is 1.03. The lowest BCUT2D eigenvalue weighted by Crippen LogP contribution is -2.28. The highest BCUT2D eigenvalue weighted by atomic mass is 35.5. The molecule has 1 amide bonds. The molecule has 0 atom stereocenters. The number of rotatable bonds is 0. The van der Waals surface area contributed by atoms with Crippen LogP contribution in [0, 0.1) is 0 Å². The Kier molecular flexibility index (Phi) is 3.09. The van der Waals surface area contributed by atoms with Crippen LogP contribution in [0.4, 0.5) is 0 Å². The lowest BCUT2D eigenvalue weighted by molar-refractivity contribution is -0.116. The van der Waals surface area contributed by atoms with Gasteiger partial charge in [0.15, 0.2) is 0 Å². The first-order valence-corrected chi connectivity index (χ1v) is 2.53. The number of carbonyl (C=O) groups is 1. The molecule has 0 aromatic rings. The van der Waals surface area contributed by atoms with E-state index < -0.39 is 0 Å². The standard InChI is InChI=1S/C5H8N2O.ClH/c6-4-1-2-7-5(8)3-4;/h3H,1-2,6H2,(H,7,8);1H. The number of nitrogens with one attached hydrogen (secondary N) is 1. The molecular weight excluding hydrogens is 140 g/mol. The normalized spacial score (nSPS) is 17.3. The van der Waals surface area contributed by atoms with E-state index in [1.165, 1.54) is 6.08 Å². The van der Waals surface area contributed by atoms with Crippen LogP contribution in [0.15, 0.2) is 11.8 Å². The quantitative estimate of drug-likeness (QED) is 0.499. The number of halogens is 1. The first-order valence-electron chi connectivity index (χ1n) is 2.53. The highest BCUT2D eigenvalue weighted by Gasteiger charge is 2.03. The van der Waals surface area contributed by atoms with Crippen molar-refractivity contribution < 1.29 is 4.79 Å². The fourth-order valence-electron chi connectivity index (χ4n) is 0.622. The Morgan fingerprint density at radius 3 is 2.67 bits per heavy atom. The maximum Gasteiger partial charge on any atom is 0.245 e. The first-order chi connectivity index (χ1) is 3.79. The molecule has 0 aliphatic carbocycles. The van der Waals surface area contributed by atoms with Gasteiger partial charge in [0.2, 0.25) is 5.91 Å². The van der Waals surface area contributed by atoms with Gasteiger partial charge in [-0.05, 0) is 0 Å². The van der Waals surface area contributed by atoms with Gasteiger partial charge in [0, 0.05) is 24.7 Å². The highest BCUT2D eigenvalue weighted by Crippen LogP contribution is 1.94. The number of amides is 1. The Balaban J connectivity index is 0.000000640. The van der Waals surface area contributed by atoms with Crippen molar-refractivity contribution in [2.75, 3.05) is 6.54 Å². The van der Waals surface area contributed by atoms with Crippen molar-refractivity contribution in [3.05, 3.63) is 11.8 Å². The predicted molar refractivity (Wildman–Crippen MR) is 37.1 cm³/mol. The summed E-state index contributed by atoms with van der Waals surface area (Å²) in [5, 5.41) is 2.62. The monoisotopic (exact) mass is 148 g/mol. The average molecular weight is 149 g/mol. The topological polar surface area (TPSA) is 55.1 Å². The van der Waals surface area contributed by atoms with Crippen LogP contribution < -0.4 is 11.1 Å². The zero-order valence-corrected chi connectivity index (χ0v) is 5.70. The van der Waals surface area contributed by atoms with Gasteiger partial charge in [-0.15, -0.1) is 12.4 Å². The van der Waals surface area contributed by atoms with Crippen LogP contribution in [-0.2, 0) is 4.79 Å². The summed E-state index contributed by atoms with van der Waals surface area (Å²) >= 11 is 0. The van der Waals surface area contributed by atoms with Gasteiger partial charge in [0.05, 0.1) is 0 Å². The zero-order valence-electron chi connectivity index (χ0n) is 4.89. The smallest absolute Gasteiger partial charge is 0.245 e. The van der Waals surface area contributed by atoms with Crippen molar-refractivity contribution >= 4 is 18.3 Å². The molecule has 0 radical (unpaired) electrons. The minimum Gasteiger partial charge on any atom is -0.402 e. The summed E-state index contributed by atoms with van der Waals surface area (Å²) < 4.78 is 0. The van der Waals surface area contributed by atoms with E-state index in [1.807, 2.05) is 0 Å². The number of carbonyl (C=O) groups excluding carboxylic acids is 1. The van der Waals surface area contributed by atoms with E-state index in [1.54, 1.807) is 0 Å². The van der Waals surface area contributed by atoms with Crippen molar-refractivity contribution in [2.45, 2.75) is 6.42 Å². The Morgan fingerprint density at radius 1 is 1.67 bits per heavy atom. The molecule has 3 N–H and O–H groups in total. The molecule has 0 fully saturated rings. The van der Waals surface area contributed by atoms with Crippen LogP contribution in [0.25, 0.3) is 0 Å². The Bertz CT molecular complexity index is 144. The largest absolute Gasteiger partial charge is 0.402 e. The van der Waals surface area contributed by atoms with E-state index in [4.69, 9.17) is 5.73 Å². The molecule has 0 bridgehead atoms. The van der Waals surface area contributed by atoms with E-state index in [2.05, 4.69) is 5.32 Å². The van der Waals surface area contributed by atoms with Crippen molar-refractivity contribution in [3.8, 4) is 0 Å². The van der Waals surface area contributed by atoms with Crippen LogP contribution in [0.5, 0.6) is 0 Å². The molecule has 4 heteroatoms. The van der Waals surface area contributed by atoms with Gasteiger partial charge in [-0.2, -0.15) is 0 Å². The second-order valence-corrected chi connectivity index (χ2v) is 1.76. The third-order valence-corrected chi connectivity index (χ3v) is 1.03. The maximum absolute atomic E-state index is 10.4. The van der Waals surface area contributed by atoms with Crippen LogP contribution in [0.1, 0.15) is 6.42 Å². The summed E-state index contributed by atoms with van der Waals surface area (Å²) in [4.78, 5) is 10.4. The molecule has 52 valence electrons. The Labute approximate surface area is 59.7 Å². The van der Waals surface area contributed by atoms with E-state index in [0.717, 1.165) is 6.42 Å². The lowest BCUT2D eigenvalue weighted by Gasteiger charge is -2.07. The van der Waals surface area contributed by atoms with E-state index in [9.17, 15) is 4.79 Å². The minimum atomic E-state index is -0.0752. The van der Waals surface area contributed by atoms with Crippen LogP contribution in [0.3, 0.4) is 0 Å². The van der Waals surface area contributed by atoms with Crippen molar-refractivity contribution in [3.63, 3.8) is 0 Å². The summed E-state index contributed by atoms with van der Waals surface area (Å²) in [6.45, 7) is 0.682. The molecule has 0 aromatic heterocycles. The molecule has 1 heterocycles. The number of nitrogens with two attached hydrogens (primary N) is 1. The molecule has 3 nitrogen and oxygen atoms in total. The van der Waals surface area contributed by atoms with Gasteiger partial charge in [-0.1, -0.05) is 0 Å². The molecule has 0 spiro atoms. The van der Waals surface area contributed by atoms with E-state index in [0.29, 0.717) is 12.2 Å². The molecule has 0 unspecified atom stereocenters. The third kappa shape index (κ3) is 2.37. The summed E-state index contributed by atoms with van der Waals surface area (Å²) in [5.41, 5.74) is 6.00. The van der Waals surface area contributed by atoms with Crippen molar-refractivity contribution in [1.29, 1.82) is 0 Å². The number of hydrogen-bond acceptors (Lipinski definition) is 2. The maximum atomic E-state index is 10.4. The summed E-state index contributed by atoms with van der Waals surface area (Å²) in [5.74, 6) is -0.0752. The van der Waals surface area contributed by atoms with Gasteiger partial charge in [0.1, 0.15) is 0 Å². The summed E-state index contributed by atoms with van der Waals surface area (Å²) in [6.07, 6.45) is 2.20. The SMILES string of the molecule is Cl.NC1=CC(=O)NCC1. The average Bonchev–Trinajstić information content (AvgIpc) is 1.64. The number of hydrogen-bond donors (Lipinski definition) is 2. The van der Waals surface area contributed by atoms with E-state index in [-0.39, 0.29) is 18.3 Å². The summed E-state index contributed by atoms with van der Waals surface area (Å²) in [6, 6.07) is 0. The molecule has 1 aliphatic heterocycles. The van der Waals surface area contributed by atoms with Crippen LogP contribution in [0.2, 0.25) is 0 Å². The predicted octanol–water partition coefficient (Wildman–Crippen LogP) is -0.229.